The Labute approximate surface area is 198 Å². The van der Waals surface area contributed by atoms with E-state index in [1.54, 1.807) is 23.6 Å². The van der Waals surface area contributed by atoms with E-state index in [9.17, 15) is 14.9 Å². The van der Waals surface area contributed by atoms with Gasteiger partial charge in [-0.15, -0.1) is 11.3 Å². The number of pyridine rings is 1. The van der Waals surface area contributed by atoms with Gasteiger partial charge in [0.2, 0.25) is 0 Å². The molecular formula is C26H18N4O3S. The van der Waals surface area contributed by atoms with E-state index in [0.29, 0.717) is 16.4 Å². The molecule has 8 heteroatoms. The number of benzene rings is 3. The highest BCUT2D eigenvalue weighted by atomic mass is 32.1. The number of thiazole rings is 1. The molecule has 34 heavy (non-hydrogen) atoms. The molecule has 0 fully saturated rings. The first-order valence-electron chi connectivity index (χ1n) is 10.5. The predicted molar refractivity (Wildman–Crippen MR) is 134 cm³/mol. The van der Waals surface area contributed by atoms with Crippen LogP contribution in [0.4, 0.5) is 10.8 Å². The first kappa shape index (κ1) is 21.4. The van der Waals surface area contributed by atoms with Crippen molar-refractivity contribution in [1.82, 2.24) is 9.97 Å². The van der Waals surface area contributed by atoms with Crippen LogP contribution in [0, 0.1) is 17.0 Å². The molecule has 2 heterocycles. The number of amides is 1. The summed E-state index contributed by atoms with van der Waals surface area (Å²) in [6.07, 6.45) is 0. The zero-order valence-electron chi connectivity index (χ0n) is 18.1. The summed E-state index contributed by atoms with van der Waals surface area (Å²) in [4.78, 5) is 33.0. The molecule has 7 nitrogen and oxygen atoms in total. The van der Waals surface area contributed by atoms with Crippen LogP contribution < -0.4 is 5.32 Å². The highest BCUT2D eigenvalue weighted by Gasteiger charge is 2.16. The Morgan fingerprint density at radius 2 is 1.59 bits per heavy atom. The van der Waals surface area contributed by atoms with E-state index in [0.717, 1.165) is 33.3 Å². The fourth-order valence-electron chi connectivity index (χ4n) is 3.62. The monoisotopic (exact) mass is 466 g/mol. The van der Waals surface area contributed by atoms with E-state index in [4.69, 9.17) is 4.98 Å². The minimum atomic E-state index is -0.444. The van der Waals surface area contributed by atoms with Crippen LogP contribution in [0.15, 0.2) is 84.2 Å². The lowest BCUT2D eigenvalue weighted by Crippen LogP contribution is -2.13. The zero-order valence-corrected chi connectivity index (χ0v) is 18.9. The standard InChI is InChI=1S/C26H18N4O3S/c1-16-6-8-17(9-7-16)23-14-21(20-4-2-3-5-22(20)27-23)25(31)29-26-28-24(15-34-26)18-10-12-19(13-11-18)30(32)33/h2-15H,1H3,(H,28,29,31). The van der Waals surface area contributed by atoms with Gasteiger partial charge >= 0.3 is 0 Å². The van der Waals surface area contributed by atoms with E-state index in [1.165, 1.54) is 23.5 Å². The summed E-state index contributed by atoms with van der Waals surface area (Å²) >= 11 is 1.29. The van der Waals surface area contributed by atoms with Crippen LogP contribution >= 0.6 is 11.3 Å². The van der Waals surface area contributed by atoms with Gasteiger partial charge in [-0.3, -0.25) is 20.2 Å². The molecule has 3 aromatic carbocycles. The Hall–Kier alpha value is -4.43. The molecule has 0 aliphatic heterocycles. The maximum atomic E-state index is 13.3. The molecule has 0 spiro atoms. The van der Waals surface area contributed by atoms with E-state index in [2.05, 4.69) is 10.3 Å². The van der Waals surface area contributed by atoms with Crippen molar-refractivity contribution in [2.45, 2.75) is 6.92 Å². The smallest absolute Gasteiger partial charge is 0.269 e. The van der Waals surface area contributed by atoms with Gasteiger partial charge in [0.1, 0.15) is 0 Å². The summed E-state index contributed by atoms with van der Waals surface area (Å²) < 4.78 is 0. The van der Waals surface area contributed by atoms with Gasteiger partial charge in [-0.2, -0.15) is 0 Å². The molecule has 5 aromatic rings. The Kier molecular flexibility index (Phi) is 5.57. The van der Waals surface area contributed by atoms with E-state index >= 15 is 0 Å². The molecule has 1 N–H and O–H groups in total. The predicted octanol–water partition coefficient (Wildman–Crippen LogP) is 6.49. The Bertz CT molecular complexity index is 1530. The molecule has 2 aromatic heterocycles. The number of anilines is 1. The van der Waals surface area contributed by atoms with E-state index in [-0.39, 0.29) is 11.6 Å². The van der Waals surface area contributed by atoms with Gasteiger partial charge in [0, 0.05) is 34.0 Å². The summed E-state index contributed by atoms with van der Waals surface area (Å²) in [5.41, 5.74) is 5.42. The fraction of sp³-hybridized carbons (Fsp3) is 0.0385. The van der Waals surface area contributed by atoms with Crippen LogP contribution in [0.25, 0.3) is 33.4 Å². The van der Waals surface area contributed by atoms with Crippen molar-refractivity contribution < 1.29 is 9.72 Å². The molecule has 0 unspecified atom stereocenters. The molecule has 1 amide bonds. The lowest BCUT2D eigenvalue weighted by atomic mass is 10.0. The number of nitrogens with one attached hydrogen (secondary N) is 1. The van der Waals surface area contributed by atoms with Crippen molar-refractivity contribution in [2.24, 2.45) is 0 Å². The summed E-state index contributed by atoms with van der Waals surface area (Å²) in [6.45, 7) is 2.02. The first-order valence-corrected chi connectivity index (χ1v) is 11.3. The van der Waals surface area contributed by atoms with Gasteiger partial charge in [-0.05, 0) is 31.2 Å². The van der Waals surface area contributed by atoms with Crippen molar-refractivity contribution in [2.75, 3.05) is 5.32 Å². The third-order valence-corrected chi connectivity index (χ3v) is 6.16. The van der Waals surface area contributed by atoms with Crippen molar-refractivity contribution >= 4 is 39.0 Å². The minimum Gasteiger partial charge on any atom is -0.298 e. The highest BCUT2D eigenvalue weighted by Crippen LogP contribution is 2.29. The molecule has 5 rings (SSSR count). The maximum absolute atomic E-state index is 13.3. The van der Waals surface area contributed by atoms with E-state index < -0.39 is 4.92 Å². The number of rotatable bonds is 5. The SMILES string of the molecule is Cc1ccc(-c2cc(C(=O)Nc3nc(-c4ccc([N+](=O)[O-])cc4)cs3)c3ccccc3n2)cc1. The fourth-order valence-corrected chi connectivity index (χ4v) is 4.33. The number of hydrogen-bond donors (Lipinski definition) is 1. The topological polar surface area (TPSA) is 98.0 Å². The molecule has 0 radical (unpaired) electrons. The second-order valence-corrected chi connectivity index (χ2v) is 8.59. The molecule has 166 valence electrons. The third kappa shape index (κ3) is 4.26. The Morgan fingerprint density at radius 1 is 0.912 bits per heavy atom. The van der Waals surface area contributed by atoms with Crippen LogP contribution in [0.2, 0.25) is 0 Å². The van der Waals surface area contributed by atoms with Crippen LogP contribution in [0.5, 0.6) is 0 Å². The van der Waals surface area contributed by atoms with Gasteiger partial charge in [-0.25, -0.2) is 9.97 Å². The molecule has 0 saturated carbocycles. The average molecular weight is 467 g/mol. The summed E-state index contributed by atoms with van der Waals surface area (Å²) in [5, 5.41) is 16.8. The Morgan fingerprint density at radius 3 is 2.32 bits per heavy atom. The average Bonchev–Trinajstić information content (AvgIpc) is 3.32. The zero-order chi connectivity index (χ0) is 23.7. The third-order valence-electron chi connectivity index (χ3n) is 5.41. The van der Waals surface area contributed by atoms with Crippen LogP contribution in [0.3, 0.4) is 0 Å². The van der Waals surface area contributed by atoms with Crippen molar-refractivity contribution in [3.63, 3.8) is 0 Å². The maximum Gasteiger partial charge on any atom is 0.269 e. The van der Waals surface area contributed by atoms with Crippen LogP contribution in [-0.2, 0) is 0 Å². The van der Waals surface area contributed by atoms with Gasteiger partial charge in [0.15, 0.2) is 5.13 Å². The van der Waals surface area contributed by atoms with Crippen molar-refractivity contribution in [1.29, 1.82) is 0 Å². The minimum absolute atomic E-state index is 0.0152. The summed E-state index contributed by atoms with van der Waals surface area (Å²) in [5.74, 6) is -0.281. The van der Waals surface area contributed by atoms with Gasteiger partial charge in [0.05, 0.1) is 27.4 Å². The molecule has 0 atom stereocenters. The van der Waals surface area contributed by atoms with Gasteiger partial charge < -0.3 is 0 Å². The number of non-ortho nitro benzene ring substituents is 1. The van der Waals surface area contributed by atoms with Gasteiger partial charge in [0.25, 0.3) is 11.6 Å². The number of carbonyl (C=O) groups excluding carboxylic acids is 1. The number of fused-ring (bicyclic) bond motifs is 1. The number of nitro benzene ring substituents is 1. The number of para-hydroxylation sites is 1. The van der Waals surface area contributed by atoms with Crippen LogP contribution in [-0.4, -0.2) is 20.8 Å². The van der Waals surface area contributed by atoms with Crippen LogP contribution in [0.1, 0.15) is 15.9 Å². The largest absolute Gasteiger partial charge is 0.298 e. The lowest BCUT2D eigenvalue weighted by Gasteiger charge is -2.10. The normalized spacial score (nSPS) is 10.9. The quantitative estimate of drug-likeness (QED) is 0.236. The lowest BCUT2D eigenvalue weighted by molar-refractivity contribution is -0.384. The molecular weight excluding hydrogens is 448 g/mol. The molecule has 0 saturated heterocycles. The van der Waals surface area contributed by atoms with Crippen molar-refractivity contribution in [3.05, 3.63) is 105 Å². The van der Waals surface area contributed by atoms with Gasteiger partial charge in [-0.1, -0.05) is 48.0 Å². The summed E-state index contributed by atoms with van der Waals surface area (Å²) in [6, 6.07) is 23.5. The molecule has 0 bridgehead atoms. The molecule has 0 aliphatic carbocycles. The number of hydrogen-bond acceptors (Lipinski definition) is 6. The second-order valence-electron chi connectivity index (χ2n) is 7.73. The number of aryl methyl sites for hydroxylation is 1. The number of aromatic nitrogens is 2. The second kappa shape index (κ2) is 8.84. The first-order chi connectivity index (χ1) is 16.5. The Balaban J connectivity index is 1.46. The number of nitro groups is 1. The highest BCUT2D eigenvalue weighted by molar-refractivity contribution is 7.14. The van der Waals surface area contributed by atoms with Crippen molar-refractivity contribution in [3.8, 4) is 22.5 Å². The van der Waals surface area contributed by atoms with E-state index in [1.807, 2.05) is 55.5 Å². The number of nitrogens with zero attached hydrogens (tertiary/aromatic N) is 3. The summed E-state index contributed by atoms with van der Waals surface area (Å²) in [7, 11) is 0. The molecule has 0 aliphatic rings. The number of carbonyl (C=O) groups is 1.